The molecule has 62 valence electrons. The number of terminal acetylenes is 1. The van der Waals surface area contributed by atoms with Crippen molar-refractivity contribution >= 4 is 17.4 Å². The van der Waals surface area contributed by atoms with Crippen LogP contribution in [0.2, 0.25) is 0 Å². The SMILES string of the molecule is C#CCOS(=O)N(C)C(=O)O. The van der Waals surface area contributed by atoms with Gasteiger partial charge < -0.3 is 5.11 Å². The van der Waals surface area contributed by atoms with Crippen LogP contribution in [0, 0.1) is 12.3 Å². The van der Waals surface area contributed by atoms with Crippen LogP contribution in [-0.2, 0) is 15.4 Å². The Hall–Kier alpha value is -1.06. The van der Waals surface area contributed by atoms with Crippen molar-refractivity contribution in [3.8, 4) is 12.3 Å². The smallest absolute Gasteiger partial charge is 0.420 e. The molecule has 1 N–H and O–H groups in total. The lowest BCUT2D eigenvalue weighted by Crippen LogP contribution is -2.28. The molecule has 0 aliphatic carbocycles. The first-order chi connectivity index (χ1) is 5.09. The molecule has 11 heavy (non-hydrogen) atoms. The molecule has 0 aromatic carbocycles. The molecule has 5 nitrogen and oxygen atoms in total. The molecule has 0 fully saturated rings. The van der Waals surface area contributed by atoms with Gasteiger partial charge in [-0.3, -0.25) is 4.18 Å². The zero-order chi connectivity index (χ0) is 8.85. The predicted octanol–water partition coefficient (Wildman–Crippen LogP) is -0.175. The summed E-state index contributed by atoms with van der Waals surface area (Å²) in [4.78, 5) is 10.1. The van der Waals surface area contributed by atoms with Crippen molar-refractivity contribution < 1.29 is 18.3 Å². The third kappa shape index (κ3) is 3.60. The first-order valence-corrected chi connectivity index (χ1v) is 3.58. The molecule has 0 aromatic heterocycles. The van der Waals surface area contributed by atoms with Gasteiger partial charge in [-0.05, 0) is 0 Å². The second kappa shape index (κ2) is 4.71. The molecule has 0 saturated carbocycles. The summed E-state index contributed by atoms with van der Waals surface area (Å²) < 4.78 is 15.6. The zero-order valence-corrected chi connectivity index (χ0v) is 6.63. The maximum atomic E-state index is 10.7. The van der Waals surface area contributed by atoms with Crippen LogP contribution < -0.4 is 0 Å². The standard InChI is InChI=1S/C5H7NO4S/c1-3-4-10-11(9)6(2)5(7)8/h1H,4H2,2H3,(H,7,8). The van der Waals surface area contributed by atoms with E-state index in [0.29, 0.717) is 4.31 Å². The van der Waals surface area contributed by atoms with Crippen molar-refractivity contribution in [2.45, 2.75) is 0 Å². The lowest BCUT2D eigenvalue weighted by molar-refractivity contribution is 0.176. The van der Waals surface area contributed by atoms with Crippen molar-refractivity contribution in [2.24, 2.45) is 0 Å². The fourth-order valence-corrected chi connectivity index (χ4v) is 0.682. The number of amides is 1. The second-order valence-electron chi connectivity index (χ2n) is 1.46. The van der Waals surface area contributed by atoms with E-state index in [4.69, 9.17) is 11.5 Å². The fourth-order valence-electron chi connectivity index (χ4n) is 0.227. The van der Waals surface area contributed by atoms with Crippen molar-refractivity contribution in [1.29, 1.82) is 0 Å². The summed E-state index contributed by atoms with van der Waals surface area (Å²) in [5.74, 6) is 2.06. The molecule has 0 bridgehead atoms. The molecule has 6 heteroatoms. The van der Waals surface area contributed by atoms with E-state index in [1.165, 1.54) is 0 Å². The van der Waals surface area contributed by atoms with Gasteiger partial charge in [-0.15, -0.1) is 6.42 Å². The highest BCUT2D eigenvalue weighted by atomic mass is 32.2. The molecule has 0 aliphatic heterocycles. The van der Waals surface area contributed by atoms with E-state index in [0.717, 1.165) is 7.05 Å². The molecule has 0 radical (unpaired) electrons. The van der Waals surface area contributed by atoms with Gasteiger partial charge in [0.15, 0.2) is 0 Å². The van der Waals surface area contributed by atoms with Crippen LogP contribution in [0.1, 0.15) is 0 Å². The van der Waals surface area contributed by atoms with Crippen LogP contribution in [0.3, 0.4) is 0 Å². The lowest BCUT2D eigenvalue weighted by atomic mass is 10.8. The predicted molar refractivity (Wildman–Crippen MR) is 38.7 cm³/mol. The summed E-state index contributed by atoms with van der Waals surface area (Å²) in [5.41, 5.74) is 0. The normalized spacial score (nSPS) is 11.6. The molecule has 0 spiro atoms. The Kier molecular flexibility index (Phi) is 4.26. The summed E-state index contributed by atoms with van der Waals surface area (Å²) in [6, 6.07) is 0. The number of carboxylic acid groups (broad SMARTS) is 1. The van der Waals surface area contributed by atoms with Gasteiger partial charge in [0.2, 0.25) is 0 Å². The molecule has 0 saturated heterocycles. The maximum absolute atomic E-state index is 10.7. The van der Waals surface area contributed by atoms with Gasteiger partial charge in [-0.25, -0.2) is 13.3 Å². The third-order valence-corrected chi connectivity index (χ3v) is 1.66. The van der Waals surface area contributed by atoms with Gasteiger partial charge in [-0.2, -0.15) is 0 Å². The molecule has 1 unspecified atom stereocenters. The largest absolute Gasteiger partial charge is 0.464 e. The average molecular weight is 177 g/mol. The first-order valence-electron chi connectivity index (χ1n) is 2.55. The molecule has 0 aromatic rings. The number of carbonyl (C=O) groups is 1. The first kappa shape index (κ1) is 9.94. The van der Waals surface area contributed by atoms with Gasteiger partial charge in [0.25, 0.3) is 11.3 Å². The van der Waals surface area contributed by atoms with Gasteiger partial charge in [0.05, 0.1) is 0 Å². The number of hydrogen-bond acceptors (Lipinski definition) is 3. The van der Waals surface area contributed by atoms with E-state index in [-0.39, 0.29) is 6.61 Å². The monoisotopic (exact) mass is 177 g/mol. The van der Waals surface area contributed by atoms with E-state index in [2.05, 4.69) is 10.1 Å². The molecule has 0 heterocycles. The maximum Gasteiger partial charge on any atom is 0.420 e. The van der Waals surface area contributed by atoms with Crippen LogP contribution in [-0.4, -0.2) is 33.4 Å². The van der Waals surface area contributed by atoms with E-state index in [1.54, 1.807) is 0 Å². The fraction of sp³-hybridized carbons (Fsp3) is 0.400. The van der Waals surface area contributed by atoms with Crippen LogP contribution in [0.4, 0.5) is 4.79 Å². The summed E-state index contributed by atoms with van der Waals surface area (Å²) in [7, 11) is 1.12. The molecule has 1 atom stereocenters. The minimum absolute atomic E-state index is 0.176. The molecule has 0 rings (SSSR count). The minimum atomic E-state index is -2.00. The summed E-state index contributed by atoms with van der Waals surface area (Å²) >= 11 is -2.00. The molecular formula is C5H7NO4S. The third-order valence-electron chi connectivity index (χ3n) is 0.736. The highest BCUT2D eigenvalue weighted by Crippen LogP contribution is 1.92. The zero-order valence-electron chi connectivity index (χ0n) is 5.81. The quantitative estimate of drug-likeness (QED) is 0.607. The Morgan fingerprint density at radius 3 is 2.82 bits per heavy atom. The summed E-state index contributed by atoms with van der Waals surface area (Å²) in [6.07, 6.45) is 3.44. The van der Waals surface area contributed by atoms with E-state index >= 15 is 0 Å². The molecular weight excluding hydrogens is 170 g/mol. The van der Waals surface area contributed by atoms with Crippen molar-refractivity contribution in [2.75, 3.05) is 13.7 Å². The van der Waals surface area contributed by atoms with Gasteiger partial charge in [0.1, 0.15) is 6.61 Å². The topological polar surface area (TPSA) is 66.8 Å². The highest BCUT2D eigenvalue weighted by molar-refractivity contribution is 7.78. The second-order valence-corrected chi connectivity index (χ2v) is 2.68. The Balaban J connectivity index is 3.85. The van der Waals surface area contributed by atoms with E-state index in [1.807, 2.05) is 0 Å². The van der Waals surface area contributed by atoms with Gasteiger partial charge in [0, 0.05) is 7.05 Å². The van der Waals surface area contributed by atoms with Gasteiger partial charge >= 0.3 is 6.09 Å². The molecule has 0 aliphatic rings. The Bertz CT molecular complexity index is 209. The van der Waals surface area contributed by atoms with E-state index < -0.39 is 17.4 Å². The summed E-state index contributed by atoms with van der Waals surface area (Å²) in [6.45, 7) is -0.176. The van der Waals surface area contributed by atoms with Crippen LogP contribution in [0.15, 0.2) is 0 Å². The van der Waals surface area contributed by atoms with Crippen molar-refractivity contribution in [1.82, 2.24) is 4.31 Å². The number of rotatable bonds is 3. The lowest BCUT2D eigenvalue weighted by Gasteiger charge is -2.08. The van der Waals surface area contributed by atoms with Crippen LogP contribution in [0.25, 0.3) is 0 Å². The van der Waals surface area contributed by atoms with Crippen LogP contribution in [0.5, 0.6) is 0 Å². The van der Waals surface area contributed by atoms with Crippen molar-refractivity contribution in [3.63, 3.8) is 0 Å². The van der Waals surface area contributed by atoms with Crippen LogP contribution >= 0.6 is 0 Å². The average Bonchev–Trinajstić information content (AvgIpc) is 1.98. The Morgan fingerprint density at radius 1 is 1.91 bits per heavy atom. The minimum Gasteiger partial charge on any atom is -0.464 e. The Morgan fingerprint density at radius 2 is 2.45 bits per heavy atom. The highest BCUT2D eigenvalue weighted by Gasteiger charge is 2.13. The number of hydrogen-bond donors (Lipinski definition) is 1. The van der Waals surface area contributed by atoms with E-state index in [9.17, 15) is 9.00 Å². The Labute approximate surface area is 66.7 Å². The molecule has 1 amide bonds. The summed E-state index contributed by atoms with van der Waals surface area (Å²) in [5, 5.41) is 8.25. The van der Waals surface area contributed by atoms with Gasteiger partial charge in [-0.1, -0.05) is 5.92 Å². The van der Waals surface area contributed by atoms with Crippen molar-refractivity contribution in [3.05, 3.63) is 0 Å². The number of nitrogens with zero attached hydrogens (tertiary/aromatic N) is 1.